The van der Waals surface area contributed by atoms with Crippen LogP contribution in [-0.4, -0.2) is 20.4 Å². The van der Waals surface area contributed by atoms with E-state index in [0.717, 1.165) is 28.4 Å². The molecule has 6 nitrogen and oxygen atoms in total. The summed E-state index contributed by atoms with van der Waals surface area (Å²) < 4.78 is 1.79. The molecule has 0 unspecified atom stereocenters. The second-order valence-corrected chi connectivity index (χ2v) is 10.5. The molecule has 0 aliphatic heterocycles. The molecule has 1 amide bonds. The first kappa shape index (κ1) is 24.2. The Hall–Kier alpha value is -2.97. The fourth-order valence-corrected chi connectivity index (χ4v) is 5.27. The van der Waals surface area contributed by atoms with E-state index in [1.165, 1.54) is 23.1 Å². The molecule has 0 saturated heterocycles. The third-order valence-corrected chi connectivity index (χ3v) is 7.26. The lowest BCUT2D eigenvalue weighted by Gasteiger charge is -2.14. The highest BCUT2D eigenvalue weighted by Gasteiger charge is 2.14. The molecule has 0 radical (unpaired) electrons. The van der Waals surface area contributed by atoms with Crippen molar-refractivity contribution in [2.75, 3.05) is 5.32 Å². The van der Waals surface area contributed by atoms with Crippen LogP contribution in [0.5, 0.6) is 0 Å². The molecular weight excluding hydrogens is 464 g/mol. The number of para-hydroxylation sites is 1. The Morgan fingerprint density at radius 1 is 1.12 bits per heavy atom. The highest BCUT2D eigenvalue weighted by molar-refractivity contribution is 7.98. The molecule has 0 spiro atoms. The summed E-state index contributed by atoms with van der Waals surface area (Å²) in [5, 5.41) is 7.00. The molecule has 0 aliphatic carbocycles. The molecule has 0 fully saturated rings. The normalized spacial score (nSPS) is 11.3. The van der Waals surface area contributed by atoms with E-state index < -0.39 is 0 Å². The van der Waals surface area contributed by atoms with Crippen molar-refractivity contribution in [1.82, 2.24) is 14.5 Å². The highest BCUT2D eigenvalue weighted by atomic mass is 32.2. The fourth-order valence-electron chi connectivity index (χ4n) is 3.46. The lowest BCUT2D eigenvalue weighted by atomic mass is 10.1. The van der Waals surface area contributed by atoms with Crippen LogP contribution in [0.25, 0.3) is 10.9 Å². The number of nitrogens with one attached hydrogen (secondary N) is 1. The van der Waals surface area contributed by atoms with Crippen LogP contribution in [-0.2, 0) is 23.5 Å². The average molecular weight is 493 g/mol. The van der Waals surface area contributed by atoms with Crippen LogP contribution in [0, 0.1) is 12.8 Å². The molecular formula is C26H28N4O2S2. The van der Waals surface area contributed by atoms with Crippen molar-refractivity contribution < 1.29 is 4.79 Å². The van der Waals surface area contributed by atoms with Gasteiger partial charge in [0.2, 0.25) is 5.91 Å². The predicted molar refractivity (Wildman–Crippen MR) is 141 cm³/mol. The number of aryl methyl sites for hydroxylation is 1. The maximum absolute atomic E-state index is 13.1. The van der Waals surface area contributed by atoms with E-state index in [-0.39, 0.29) is 17.9 Å². The van der Waals surface area contributed by atoms with Crippen molar-refractivity contribution in [3.8, 4) is 0 Å². The first-order chi connectivity index (χ1) is 16.4. The molecule has 0 atom stereocenters. The summed E-state index contributed by atoms with van der Waals surface area (Å²) >= 11 is 2.99. The Kier molecular flexibility index (Phi) is 7.80. The van der Waals surface area contributed by atoms with E-state index in [0.29, 0.717) is 34.3 Å². The number of thioether (sulfide) groups is 1. The zero-order chi connectivity index (χ0) is 24.1. The van der Waals surface area contributed by atoms with Crippen LogP contribution in [0.1, 0.15) is 36.5 Å². The summed E-state index contributed by atoms with van der Waals surface area (Å²) in [4.78, 5) is 34.9. The van der Waals surface area contributed by atoms with E-state index in [9.17, 15) is 9.59 Å². The highest BCUT2D eigenvalue weighted by Crippen LogP contribution is 2.24. The standard InChI is InChI=1S/C26H28N4O2S2/c1-17(2)12-13-30-25(32)21-6-4-5-7-22(21)29-26(30)34-16-20-15-33-24(28-20)14-23(31)27-19-10-8-18(3)9-11-19/h4-11,15,17H,12-14,16H2,1-3H3,(H,27,31). The molecule has 8 heteroatoms. The molecule has 2 aromatic heterocycles. The molecule has 2 heterocycles. The number of nitrogens with zero attached hydrogens (tertiary/aromatic N) is 3. The zero-order valence-electron chi connectivity index (χ0n) is 19.6. The van der Waals surface area contributed by atoms with Crippen molar-refractivity contribution in [3.63, 3.8) is 0 Å². The largest absolute Gasteiger partial charge is 0.326 e. The van der Waals surface area contributed by atoms with Crippen LogP contribution < -0.4 is 10.9 Å². The van der Waals surface area contributed by atoms with Gasteiger partial charge in [0.25, 0.3) is 5.56 Å². The van der Waals surface area contributed by atoms with Gasteiger partial charge in [-0.3, -0.25) is 14.2 Å². The van der Waals surface area contributed by atoms with E-state index in [1.54, 1.807) is 4.57 Å². The number of benzene rings is 2. The molecule has 4 rings (SSSR count). The first-order valence-corrected chi connectivity index (χ1v) is 13.2. The molecule has 1 N–H and O–H groups in total. The van der Waals surface area contributed by atoms with E-state index >= 15 is 0 Å². The zero-order valence-corrected chi connectivity index (χ0v) is 21.2. The van der Waals surface area contributed by atoms with Gasteiger partial charge in [0.1, 0.15) is 5.01 Å². The SMILES string of the molecule is Cc1ccc(NC(=O)Cc2nc(CSc3nc4ccccc4c(=O)n3CCC(C)C)cs2)cc1. The van der Waals surface area contributed by atoms with E-state index in [2.05, 4.69) is 24.1 Å². The summed E-state index contributed by atoms with van der Waals surface area (Å²) in [5.41, 5.74) is 3.52. The molecule has 34 heavy (non-hydrogen) atoms. The van der Waals surface area contributed by atoms with Gasteiger partial charge < -0.3 is 5.32 Å². The van der Waals surface area contributed by atoms with Gasteiger partial charge in [0.15, 0.2) is 5.16 Å². The third kappa shape index (κ3) is 6.12. The lowest BCUT2D eigenvalue weighted by Crippen LogP contribution is -2.24. The summed E-state index contributed by atoms with van der Waals surface area (Å²) in [7, 11) is 0. The molecule has 176 valence electrons. The Morgan fingerprint density at radius 2 is 1.88 bits per heavy atom. The molecule has 0 aliphatic rings. The van der Waals surface area contributed by atoms with Gasteiger partial charge in [-0.25, -0.2) is 9.97 Å². The predicted octanol–water partition coefficient (Wildman–Crippen LogP) is 5.68. The number of thiazole rings is 1. The molecule has 4 aromatic rings. The van der Waals surface area contributed by atoms with Gasteiger partial charge in [-0.05, 0) is 43.5 Å². The van der Waals surface area contributed by atoms with Crippen LogP contribution in [0.3, 0.4) is 0 Å². The quantitative estimate of drug-likeness (QED) is 0.240. The van der Waals surface area contributed by atoms with Crippen LogP contribution in [0.15, 0.2) is 63.9 Å². The summed E-state index contributed by atoms with van der Waals surface area (Å²) in [6.45, 7) is 6.95. The number of carbonyl (C=O) groups is 1. The first-order valence-electron chi connectivity index (χ1n) is 11.3. The average Bonchev–Trinajstić information content (AvgIpc) is 3.25. The maximum Gasteiger partial charge on any atom is 0.262 e. The van der Waals surface area contributed by atoms with Gasteiger partial charge in [-0.15, -0.1) is 11.3 Å². The summed E-state index contributed by atoms with van der Waals surface area (Å²) in [5.74, 6) is 0.988. The van der Waals surface area contributed by atoms with E-state index in [4.69, 9.17) is 4.98 Å². The summed E-state index contributed by atoms with van der Waals surface area (Å²) in [6, 6.07) is 15.2. The number of anilines is 1. The Balaban J connectivity index is 1.44. The number of amides is 1. The minimum atomic E-state index is -0.0869. The second kappa shape index (κ2) is 11.0. The van der Waals surface area contributed by atoms with Crippen molar-refractivity contribution in [2.45, 2.75) is 51.1 Å². The van der Waals surface area contributed by atoms with Gasteiger partial charge >= 0.3 is 0 Å². The minimum absolute atomic E-state index is 0.000457. The lowest BCUT2D eigenvalue weighted by molar-refractivity contribution is -0.115. The van der Waals surface area contributed by atoms with Crippen molar-refractivity contribution >= 4 is 45.6 Å². The Labute approximate surface area is 207 Å². The maximum atomic E-state index is 13.1. The number of fused-ring (bicyclic) bond motifs is 1. The number of aromatic nitrogens is 3. The number of hydrogen-bond donors (Lipinski definition) is 1. The Bertz CT molecular complexity index is 1340. The second-order valence-electron chi connectivity index (χ2n) is 8.66. The molecule has 0 saturated carbocycles. The van der Waals surface area contributed by atoms with E-state index in [1.807, 2.05) is 60.8 Å². The number of hydrogen-bond acceptors (Lipinski definition) is 6. The van der Waals surface area contributed by atoms with Crippen LogP contribution in [0.4, 0.5) is 5.69 Å². The topological polar surface area (TPSA) is 76.9 Å². The van der Waals surface area contributed by atoms with Crippen LogP contribution >= 0.6 is 23.1 Å². The van der Waals surface area contributed by atoms with Gasteiger partial charge in [-0.1, -0.05) is 55.4 Å². The summed E-state index contributed by atoms with van der Waals surface area (Å²) in [6.07, 6.45) is 1.14. The third-order valence-electron chi connectivity index (χ3n) is 5.35. The number of carbonyl (C=O) groups excluding carboxylic acids is 1. The minimum Gasteiger partial charge on any atom is -0.326 e. The van der Waals surface area contributed by atoms with Crippen LogP contribution in [0.2, 0.25) is 0 Å². The molecule has 0 bridgehead atoms. The monoisotopic (exact) mass is 492 g/mol. The van der Waals surface area contributed by atoms with Crippen molar-refractivity contribution in [1.29, 1.82) is 0 Å². The van der Waals surface area contributed by atoms with Gasteiger partial charge in [0.05, 0.1) is 23.0 Å². The molecule has 2 aromatic carbocycles. The Morgan fingerprint density at radius 3 is 2.65 bits per heavy atom. The van der Waals surface area contributed by atoms with Gasteiger partial charge in [0, 0.05) is 23.4 Å². The van der Waals surface area contributed by atoms with Gasteiger partial charge in [-0.2, -0.15) is 0 Å². The fraction of sp³-hybridized carbons (Fsp3) is 0.308. The van der Waals surface area contributed by atoms with Crippen molar-refractivity contribution in [3.05, 3.63) is 80.5 Å². The number of rotatable bonds is 9. The smallest absolute Gasteiger partial charge is 0.262 e. The van der Waals surface area contributed by atoms with Crippen molar-refractivity contribution in [2.24, 2.45) is 5.92 Å².